The Labute approximate surface area is 440 Å². The summed E-state index contributed by atoms with van der Waals surface area (Å²) in [5.74, 6) is 3.14. The fourth-order valence-corrected chi connectivity index (χ4v) is 10.6. The van der Waals surface area contributed by atoms with Crippen molar-refractivity contribution < 1.29 is 0 Å². The predicted molar refractivity (Wildman–Crippen MR) is 298 cm³/mol. The minimum atomic E-state index is 0. The van der Waals surface area contributed by atoms with Gasteiger partial charge in [0, 0.05) is 49.3 Å². The number of aryl methyl sites for hydroxylation is 2. The lowest BCUT2D eigenvalue weighted by molar-refractivity contribution is 0.410. The first-order valence-corrected chi connectivity index (χ1v) is 25.6. The average Bonchev–Trinajstić information content (AvgIpc) is 4.20. The van der Waals surface area contributed by atoms with Crippen LogP contribution < -0.4 is 32.7 Å². The third-order valence-corrected chi connectivity index (χ3v) is 14.5. The number of benzene rings is 2. The van der Waals surface area contributed by atoms with Gasteiger partial charge in [0.1, 0.15) is 0 Å². The lowest BCUT2D eigenvalue weighted by Crippen LogP contribution is -2.33. The molecule has 0 bridgehead atoms. The number of unbranched alkanes of at least 4 members (excludes halogenated alkanes) is 2. The zero-order valence-electron chi connectivity index (χ0n) is 40.7. The molecule has 14 nitrogen and oxygen atoms in total. The van der Waals surface area contributed by atoms with Crippen LogP contribution in [0.5, 0.6) is 0 Å². The topological polar surface area (TPSA) is 187 Å². The minimum absolute atomic E-state index is 0. The Hall–Kier alpha value is -4.18. The molecule has 2 aromatic carbocycles. The van der Waals surface area contributed by atoms with E-state index in [1.54, 1.807) is 0 Å². The van der Waals surface area contributed by atoms with Crippen molar-refractivity contribution in [3.05, 3.63) is 84.4 Å². The minimum Gasteiger partial charge on any atom is -0.368 e. The molecule has 4 heterocycles. The molecule has 18 heteroatoms. The highest BCUT2D eigenvalue weighted by atomic mass is 35.5. The van der Waals surface area contributed by atoms with Gasteiger partial charge in [-0.1, -0.05) is 86.3 Å². The van der Waals surface area contributed by atoms with Crippen LogP contribution in [0.1, 0.15) is 152 Å². The lowest BCUT2D eigenvalue weighted by Gasteiger charge is -2.27. The highest BCUT2D eigenvalue weighted by molar-refractivity contribution is 5.86. The summed E-state index contributed by atoms with van der Waals surface area (Å²) in [6.07, 6.45) is 29.2. The number of hydrogen-bond donors (Lipinski definition) is 6. The summed E-state index contributed by atoms with van der Waals surface area (Å²) in [5.41, 5.74) is 18.7. The van der Waals surface area contributed by atoms with Gasteiger partial charge in [-0.25, -0.2) is 9.97 Å². The van der Waals surface area contributed by atoms with Crippen LogP contribution in [0.25, 0.3) is 22.3 Å². The Morgan fingerprint density at radius 3 is 1.20 bits per heavy atom. The Bertz CT molecular complexity index is 2230. The molecule has 4 aliphatic rings. The molecule has 70 heavy (non-hydrogen) atoms. The van der Waals surface area contributed by atoms with Gasteiger partial charge < -0.3 is 41.9 Å². The van der Waals surface area contributed by atoms with Crippen molar-refractivity contribution in [2.24, 2.45) is 11.5 Å². The molecule has 4 aliphatic carbocycles. The molecule has 4 saturated carbocycles. The molecule has 6 aromatic rings. The zero-order chi connectivity index (χ0) is 44.9. The van der Waals surface area contributed by atoms with E-state index in [0.717, 1.165) is 149 Å². The van der Waals surface area contributed by atoms with Crippen molar-refractivity contribution in [2.75, 3.05) is 34.4 Å². The van der Waals surface area contributed by atoms with E-state index in [1.165, 1.54) is 62.5 Å². The maximum atomic E-state index is 6.10. The first-order chi connectivity index (χ1) is 32.5. The second kappa shape index (κ2) is 28.8. The predicted octanol–water partition coefficient (Wildman–Crippen LogP) is 11.8. The summed E-state index contributed by atoms with van der Waals surface area (Å²) in [6.45, 7) is 1.76. The van der Waals surface area contributed by atoms with E-state index in [4.69, 9.17) is 41.4 Å². The van der Waals surface area contributed by atoms with Crippen molar-refractivity contribution in [1.82, 2.24) is 39.0 Å². The lowest BCUT2D eigenvalue weighted by atomic mass is 9.92. The van der Waals surface area contributed by atoms with Gasteiger partial charge in [0.25, 0.3) is 0 Å². The van der Waals surface area contributed by atoms with Crippen LogP contribution >= 0.6 is 49.6 Å². The van der Waals surface area contributed by atoms with Crippen molar-refractivity contribution in [3.63, 3.8) is 0 Å². The van der Waals surface area contributed by atoms with E-state index >= 15 is 0 Å². The van der Waals surface area contributed by atoms with Gasteiger partial charge in [0.2, 0.25) is 11.9 Å². The maximum absolute atomic E-state index is 6.10. The molecular weight excluding hydrogens is 962 g/mol. The quantitative estimate of drug-likeness (QED) is 0.0448. The molecule has 0 spiro atoms. The van der Waals surface area contributed by atoms with Crippen LogP contribution in [-0.2, 0) is 12.8 Å². The van der Waals surface area contributed by atoms with Crippen molar-refractivity contribution >= 4 is 95.5 Å². The van der Waals surface area contributed by atoms with E-state index in [9.17, 15) is 0 Å². The Kier molecular flexibility index (Phi) is 23.3. The molecule has 0 atom stereocenters. The summed E-state index contributed by atoms with van der Waals surface area (Å²) >= 11 is 0. The number of fused-ring (bicyclic) bond motifs is 2. The molecule has 4 fully saturated rings. The molecular formula is C52H78Cl4N14. The standard InChI is InChI=1S/2C26H37N7.4ClH/c2*27-20-13-15-21(16-14-20)30-26-31-24(28-17-7-6-10-19-8-2-1-3-9-19)23-25(32-26)33(18-29-23)22-11-4-5-12-22;;;;/h2*1-3,8-9,18,20-22H,4-7,10-17,27H2,(H2,28,30,31,32);4*1H. The van der Waals surface area contributed by atoms with Gasteiger partial charge in [-0.2, -0.15) is 19.9 Å². The smallest absolute Gasteiger partial charge is 0.227 e. The van der Waals surface area contributed by atoms with E-state index in [2.05, 4.69) is 91.1 Å². The second-order valence-electron chi connectivity index (χ2n) is 19.6. The van der Waals surface area contributed by atoms with Crippen LogP contribution in [0.2, 0.25) is 0 Å². The zero-order valence-corrected chi connectivity index (χ0v) is 44.0. The fraction of sp³-hybridized carbons (Fsp3) is 0.577. The molecule has 8 N–H and O–H groups in total. The van der Waals surface area contributed by atoms with Crippen LogP contribution in [0.3, 0.4) is 0 Å². The van der Waals surface area contributed by atoms with Gasteiger partial charge in [0.15, 0.2) is 34.0 Å². The molecule has 0 saturated heterocycles. The first kappa shape index (κ1) is 56.7. The molecule has 384 valence electrons. The number of nitrogens with one attached hydrogen (secondary N) is 4. The normalized spacial score (nSPS) is 20.3. The molecule has 0 amide bonds. The van der Waals surface area contributed by atoms with Gasteiger partial charge in [-0.3, -0.25) is 0 Å². The maximum Gasteiger partial charge on any atom is 0.227 e. The molecule has 0 radical (unpaired) electrons. The molecule has 4 aromatic heterocycles. The fourth-order valence-electron chi connectivity index (χ4n) is 10.6. The summed E-state index contributed by atoms with van der Waals surface area (Å²) in [5, 5.41) is 14.4. The molecule has 0 aliphatic heterocycles. The second-order valence-corrected chi connectivity index (χ2v) is 19.6. The molecule has 10 rings (SSSR count). The number of anilines is 4. The third-order valence-electron chi connectivity index (χ3n) is 14.5. The Balaban J connectivity index is 0.000000247. The summed E-state index contributed by atoms with van der Waals surface area (Å²) in [6, 6.07) is 23.9. The number of aromatic nitrogens is 8. The number of nitrogens with two attached hydrogens (primary N) is 2. The third kappa shape index (κ3) is 15.4. The SMILES string of the molecule is Cl.Cl.Cl.Cl.NC1CCC(Nc2nc(NCCCCc3ccccc3)c3ncn(C4CCCC4)c3n2)CC1.NC1CCC(Nc2nc(NCCCCc3ccccc3)c3ncn(C4CCCC4)c3n2)CC1. The van der Waals surface area contributed by atoms with Crippen LogP contribution in [0.15, 0.2) is 73.3 Å². The summed E-state index contributed by atoms with van der Waals surface area (Å²) < 4.78 is 4.57. The number of imidazole rings is 2. The highest BCUT2D eigenvalue weighted by Crippen LogP contribution is 2.35. The number of hydrogen-bond acceptors (Lipinski definition) is 12. The average molecular weight is 1040 g/mol. The van der Waals surface area contributed by atoms with E-state index in [1.807, 2.05) is 12.7 Å². The van der Waals surface area contributed by atoms with E-state index < -0.39 is 0 Å². The van der Waals surface area contributed by atoms with E-state index in [-0.39, 0.29) is 49.6 Å². The number of rotatable bonds is 18. The van der Waals surface area contributed by atoms with Gasteiger partial charge >= 0.3 is 0 Å². The van der Waals surface area contributed by atoms with Gasteiger partial charge in [-0.05, 0) is 127 Å². The van der Waals surface area contributed by atoms with Crippen LogP contribution in [-0.4, -0.2) is 76.3 Å². The first-order valence-electron chi connectivity index (χ1n) is 25.6. The monoisotopic (exact) mass is 1040 g/mol. The molecule has 0 unspecified atom stereocenters. The summed E-state index contributed by atoms with van der Waals surface area (Å²) in [4.78, 5) is 29.1. The number of nitrogens with zero attached hydrogens (tertiary/aromatic N) is 8. The summed E-state index contributed by atoms with van der Waals surface area (Å²) in [7, 11) is 0. The van der Waals surface area contributed by atoms with Crippen molar-refractivity contribution in [1.29, 1.82) is 0 Å². The Morgan fingerprint density at radius 2 is 0.829 bits per heavy atom. The van der Waals surface area contributed by atoms with Gasteiger partial charge in [0.05, 0.1) is 12.7 Å². The van der Waals surface area contributed by atoms with Crippen LogP contribution in [0, 0.1) is 0 Å². The van der Waals surface area contributed by atoms with Crippen LogP contribution in [0.4, 0.5) is 23.5 Å². The van der Waals surface area contributed by atoms with E-state index in [0.29, 0.717) is 36.3 Å². The van der Waals surface area contributed by atoms with Crippen molar-refractivity contribution in [2.45, 2.75) is 178 Å². The Morgan fingerprint density at radius 1 is 0.457 bits per heavy atom. The largest absolute Gasteiger partial charge is 0.368 e. The number of halogens is 4. The highest BCUT2D eigenvalue weighted by Gasteiger charge is 2.26. The van der Waals surface area contributed by atoms with Gasteiger partial charge in [-0.15, -0.1) is 49.6 Å². The van der Waals surface area contributed by atoms with Crippen molar-refractivity contribution in [3.8, 4) is 0 Å².